The van der Waals surface area contributed by atoms with Gasteiger partial charge in [-0.25, -0.2) is 0 Å². The Morgan fingerprint density at radius 3 is 2.33 bits per heavy atom. The molecule has 0 nitrogen and oxygen atoms in total. The molecule has 2 heteroatoms. The van der Waals surface area contributed by atoms with Gasteiger partial charge in [-0.2, -0.15) is 0 Å². The van der Waals surface area contributed by atoms with Crippen molar-refractivity contribution in [3.63, 3.8) is 0 Å². The van der Waals surface area contributed by atoms with Crippen molar-refractivity contribution in [2.75, 3.05) is 5.33 Å². The largest absolute Gasteiger partial charge is 0.0913 e. The summed E-state index contributed by atoms with van der Waals surface area (Å²) in [6.07, 6.45) is 3.86. The lowest BCUT2D eigenvalue weighted by Gasteiger charge is -2.17. The number of rotatable bonds is 4. The van der Waals surface area contributed by atoms with E-state index in [-0.39, 0.29) is 0 Å². The Kier molecular flexibility index (Phi) is 5.23. The van der Waals surface area contributed by atoms with Crippen LogP contribution in [0.25, 0.3) is 0 Å². The molecule has 9 heavy (non-hydrogen) atoms. The van der Waals surface area contributed by atoms with Crippen molar-refractivity contribution in [3.8, 4) is 0 Å². The molecule has 0 bridgehead atoms. The molecule has 0 radical (unpaired) electrons. The first-order valence-electron chi connectivity index (χ1n) is 3.37. The van der Waals surface area contributed by atoms with Crippen molar-refractivity contribution < 1.29 is 0 Å². The minimum atomic E-state index is 0.322. The van der Waals surface area contributed by atoms with Gasteiger partial charge in [0.2, 0.25) is 0 Å². The van der Waals surface area contributed by atoms with Crippen molar-refractivity contribution in [1.82, 2.24) is 0 Å². The van der Waals surface area contributed by atoms with Crippen LogP contribution >= 0.6 is 31.9 Å². The highest BCUT2D eigenvalue weighted by atomic mass is 79.9. The summed E-state index contributed by atoms with van der Waals surface area (Å²) in [5.74, 6) is 0. The van der Waals surface area contributed by atoms with Gasteiger partial charge in [-0.1, -0.05) is 51.6 Å². The molecule has 0 heterocycles. The summed E-state index contributed by atoms with van der Waals surface area (Å²) in [7, 11) is 0. The number of halogens is 2. The summed E-state index contributed by atoms with van der Waals surface area (Å²) in [5, 5.41) is 1.04. The maximum atomic E-state index is 3.64. The third kappa shape index (κ3) is 5.41. The molecule has 0 aliphatic rings. The smallest absolute Gasteiger partial charge is 0.0326 e. The van der Waals surface area contributed by atoms with Crippen LogP contribution in [0.1, 0.15) is 33.1 Å². The number of unbranched alkanes of at least 4 members (excludes halogenated alkanes) is 1. The molecule has 56 valence electrons. The molecular formula is C7H14Br2. The first-order chi connectivity index (χ1) is 4.12. The molecule has 0 rings (SSSR count). The second-order valence-electron chi connectivity index (χ2n) is 2.65. The van der Waals surface area contributed by atoms with E-state index < -0.39 is 0 Å². The molecule has 0 aromatic carbocycles. The molecule has 0 amide bonds. The van der Waals surface area contributed by atoms with Gasteiger partial charge in [-0.05, 0) is 13.3 Å². The molecule has 0 aliphatic heterocycles. The van der Waals surface area contributed by atoms with Gasteiger partial charge in [0.25, 0.3) is 0 Å². The van der Waals surface area contributed by atoms with E-state index in [2.05, 4.69) is 45.7 Å². The van der Waals surface area contributed by atoms with Crippen LogP contribution in [-0.2, 0) is 0 Å². The number of hydrogen-bond acceptors (Lipinski definition) is 0. The molecular weight excluding hydrogens is 244 g/mol. The summed E-state index contributed by atoms with van der Waals surface area (Å²) < 4.78 is 0.322. The van der Waals surface area contributed by atoms with Gasteiger partial charge >= 0.3 is 0 Å². The Hall–Kier alpha value is 0.960. The Labute approximate surface area is 74.7 Å². The fourth-order valence-electron chi connectivity index (χ4n) is 0.612. The molecule has 0 saturated heterocycles. The average Bonchev–Trinajstić information content (AvgIpc) is 1.84. The van der Waals surface area contributed by atoms with E-state index in [1.54, 1.807) is 0 Å². The lowest BCUT2D eigenvalue weighted by Crippen LogP contribution is -2.16. The monoisotopic (exact) mass is 256 g/mol. The predicted molar refractivity (Wildman–Crippen MR) is 50.7 cm³/mol. The van der Waals surface area contributed by atoms with E-state index >= 15 is 0 Å². The van der Waals surface area contributed by atoms with Crippen molar-refractivity contribution in [2.24, 2.45) is 0 Å². The SMILES string of the molecule is CCCCC(C)(Br)CBr. The van der Waals surface area contributed by atoms with Crippen LogP contribution < -0.4 is 0 Å². The van der Waals surface area contributed by atoms with Crippen LogP contribution in [0.4, 0.5) is 0 Å². The van der Waals surface area contributed by atoms with Crippen LogP contribution in [0.3, 0.4) is 0 Å². The van der Waals surface area contributed by atoms with Gasteiger partial charge in [0.15, 0.2) is 0 Å². The van der Waals surface area contributed by atoms with Gasteiger partial charge in [-0.15, -0.1) is 0 Å². The van der Waals surface area contributed by atoms with Crippen LogP contribution in [0.15, 0.2) is 0 Å². The normalized spacial score (nSPS) is 17.3. The zero-order chi connectivity index (χ0) is 7.33. The van der Waals surface area contributed by atoms with Crippen molar-refractivity contribution in [1.29, 1.82) is 0 Å². The summed E-state index contributed by atoms with van der Waals surface area (Å²) in [6, 6.07) is 0. The Balaban J connectivity index is 3.33. The predicted octanol–water partition coefficient (Wildman–Crippen LogP) is 3.73. The van der Waals surface area contributed by atoms with E-state index in [4.69, 9.17) is 0 Å². The highest BCUT2D eigenvalue weighted by Crippen LogP contribution is 2.26. The van der Waals surface area contributed by atoms with Gasteiger partial charge in [0.05, 0.1) is 0 Å². The van der Waals surface area contributed by atoms with Crippen molar-refractivity contribution >= 4 is 31.9 Å². The first kappa shape index (κ1) is 9.96. The molecule has 0 spiro atoms. The average molecular weight is 258 g/mol. The minimum Gasteiger partial charge on any atom is -0.0913 e. The third-order valence-electron chi connectivity index (χ3n) is 1.33. The van der Waals surface area contributed by atoms with Gasteiger partial charge < -0.3 is 0 Å². The molecule has 0 aromatic heterocycles. The zero-order valence-electron chi connectivity index (χ0n) is 6.08. The fourth-order valence-corrected chi connectivity index (χ4v) is 1.17. The van der Waals surface area contributed by atoms with Crippen molar-refractivity contribution in [2.45, 2.75) is 37.4 Å². The third-order valence-corrected chi connectivity index (χ3v) is 4.00. The van der Waals surface area contributed by atoms with Gasteiger partial charge in [-0.3, -0.25) is 0 Å². The summed E-state index contributed by atoms with van der Waals surface area (Å²) in [6.45, 7) is 4.44. The highest BCUT2D eigenvalue weighted by molar-refractivity contribution is 9.12. The Bertz CT molecular complexity index is 69.3. The molecule has 1 unspecified atom stereocenters. The zero-order valence-corrected chi connectivity index (χ0v) is 9.26. The van der Waals surface area contributed by atoms with Crippen LogP contribution in [0.2, 0.25) is 0 Å². The molecule has 0 aliphatic carbocycles. The molecule has 0 N–H and O–H groups in total. The van der Waals surface area contributed by atoms with E-state index in [0.717, 1.165) is 5.33 Å². The lowest BCUT2D eigenvalue weighted by molar-refractivity contribution is 0.613. The van der Waals surface area contributed by atoms with E-state index in [9.17, 15) is 0 Å². The van der Waals surface area contributed by atoms with Crippen LogP contribution in [0.5, 0.6) is 0 Å². The number of hydrogen-bond donors (Lipinski definition) is 0. The Morgan fingerprint density at radius 2 is 2.00 bits per heavy atom. The summed E-state index contributed by atoms with van der Waals surface area (Å²) in [5.41, 5.74) is 0. The first-order valence-corrected chi connectivity index (χ1v) is 5.28. The minimum absolute atomic E-state index is 0.322. The van der Waals surface area contributed by atoms with E-state index in [1.165, 1.54) is 19.3 Å². The summed E-state index contributed by atoms with van der Waals surface area (Å²) >= 11 is 7.09. The molecule has 0 aromatic rings. The molecule has 0 fully saturated rings. The quantitative estimate of drug-likeness (QED) is 0.674. The van der Waals surface area contributed by atoms with E-state index in [0.29, 0.717) is 4.32 Å². The van der Waals surface area contributed by atoms with Gasteiger partial charge in [0, 0.05) is 9.65 Å². The van der Waals surface area contributed by atoms with Crippen molar-refractivity contribution in [3.05, 3.63) is 0 Å². The van der Waals surface area contributed by atoms with Crippen LogP contribution in [-0.4, -0.2) is 9.65 Å². The lowest BCUT2D eigenvalue weighted by atomic mass is 10.1. The van der Waals surface area contributed by atoms with Crippen LogP contribution in [0, 0.1) is 0 Å². The Morgan fingerprint density at radius 1 is 1.44 bits per heavy atom. The molecule has 1 atom stereocenters. The highest BCUT2D eigenvalue weighted by Gasteiger charge is 2.16. The standard InChI is InChI=1S/C7H14Br2/c1-3-4-5-7(2,9)6-8/h3-6H2,1-2H3. The van der Waals surface area contributed by atoms with Gasteiger partial charge in [0.1, 0.15) is 0 Å². The second-order valence-corrected chi connectivity index (χ2v) is 5.13. The second kappa shape index (κ2) is 4.73. The summed E-state index contributed by atoms with van der Waals surface area (Å²) in [4.78, 5) is 0. The van der Waals surface area contributed by atoms with E-state index in [1.807, 2.05) is 0 Å². The topological polar surface area (TPSA) is 0 Å². The number of alkyl halides is 2. The maximum absolute atomic E-state index is 3.64. The maximum Gasteiger partial charge on any atom is 0.0326 e. The molecule has 0 saturated carbocycles. The fraction of sp³-hybridized carbons (Fsp3) is 1.00.